The summed E-state index contributed by atoms with van der Waals surface area (Å²) >= 11 is 0. The van der Waals surface area contributed by atoms with Gasteiger partial charge in [-0.2, -0.15) is 13.2 Å². The molecule has 1 aliphatic rings. The number of carbonyl (C=O) groups excluding carboxylic acids is 1. The van der Waals surface area contributed by atoms with Crippen molar-refractivity contribution in [3.05, 3.63) is 0 Å². The van der Waals surface area contributed by atoms with Crippen molar-refractivity contribution < 1.29 is 18.0 Å². The molecule has 1 saturated heterocycles. The summed E-state index contributed by atoms with van der Waals surface area (Å²) in [6, 6.07) is 0. The van der Waals surface area contributed by atoms with Gasteiger partial charge in [-0.25, -0.2) is 0 Å². The molecule has 0 aliphatic carbocycles. The molecule has 3 nitrogen and oxygen atoms in total. The maximum atomic E-state index is 12.2. The third-order valence-electron chi connectivity index (χ3n) is 3.08. The Bertz CT molecular complexity index is 263. The van der Waals surface area contributed by atoms with E-state index in [1.54, 1.807) is 0 Å². The largest absolute Gasteiger partial charge is 0.397 e. The minimum Gasteiger partial charge on any atom is -0.342 e. The number of hydrogen-bond donors (Lipinski definition) is 1. The topological polar surface area (TPSA) is 32.3 Å². The zero-order valence-corrected chi connectivity index (χ0v) is 10.7. The summed E-state index contributed by atoms with van der Waals surface area (Å²) in [6.45, 7) is 4.47. The van der Waals surface area contributed by atoms with Crippen molar-refractivity contribution >= 4 is 5.91 Å². The average Bonchev–Trinajstić information content (AvgIpc) is 2.27. The quantitative estimate of drug-likeness (QED) is 0.827. The lowest BCUT2D eigenvalue weighted by molar-refractivity contribution is -0.161. The number of nitrogens with one attached hydrogen (secondary N) is 1. The molecular weight excluding hydrogens is 245 g/mol. The molecular formula is C12H21F3N2O. The Hall–Kier alpha value is -0.780. The maximum Gasteiger partial charge on any atom is 0.397 e. The van der Waals surface area contributed by atoms with E-state index in [2.05, 4.69) is 5.32 Å². The normalized spacial score (nSPS) is 20.8. The van der Waals surface area contributed by atoms with Crippen LogP contribution in [0.4, 0.5) is 13.2 Å². The number of alkyl halides is 3. The summed E-state index contributed by atoms with van der Waals surface area (Å²) in [4.78, 5) is 13.0. The molecule has 0 spiro atoms. The van der Waals surface area contributed by atoms with E-state index >= 15 is 0 Å². The van der Waals surface area contributed by atoms with Crippen molar-refractivity contribution in [2.75, 3.05) is 26.2 Å². The Morgan fingerprint density at radius 1 is 1.44 bits per heavy atom. The number of amides is 1. The van der Waals surface area contributed by atoms with Gasteiger partial charge in [0.1, 0.15) is 6.42 Å². The van der Waals surface area contributed by atoms with Crippen molar-refractivity contribution in [3.8, 4) is 0 Å². The Labute approximate surface area is 106 Å². The first-order valence-corrected chi connectivity index (χ1v) is 6.47. The van der Waals surface area contributed by atoms with E-state index in [0.29, 0.717) is 19.5 Å². The maximum absolute atomic E-state index is 12.2. The van der Waals surface area contributed by atoms with Crippen LogP contribution < -0.4 is 5.32 Å². The van der Waals surface area contributed by atoms with E-state index in [0.717, 1.165) is 25.9 Å². The molecule has 1 fully saturated rings. The molecule has 0 aromatic carbocycles. The summed E-state index contributed by atoms with van der Waals surface area (Å²) in [7, 11) is 0. The molecule has 1 heterocycles. The Morgan fingerprint density at radius 3 is 2.67 bits per heavy atom. The van der Waals surface area contributed by atoms with Gasteiger partial charge in [-0.1, -0.05) is 6.92 Å². The van der Waals surface area contributed by atoms with Crippen molar-refractivity contribution in [1.29, 1.82) is 0 Å². The highest BCUT2D eigenvalue weighted by atomic mass is 19.4. The van der Waals surface area contributed by atoms with Crippen LogP contribution in [0, 0.1) is 5.92 Å². The number of rotatable bonds is 5. The molecule has 1 N–H and O–H groups in total. The fourth-order valence-electron chi connectivity index (χ4n) is 2.26. The average molecular weight is 266 g/mol. The van der Waals surface area contributed by atoms with Gasteiger partial charge in [-0.3, -0.25) is 4.79 Å². The third-order valence-corrected chi connectivity index (χ3v) is 3.08. The number of piperidine rings is 1. The second-order valence-corrected chi connectivity index (χ2v) is 4.84. The molecule has 0 radical (unpaired) electrons. The Kier molecular flexibility index (Phi) is 5.91. The first-order chi connectivity index (χ1) is 8.42. The molecule has 6 heteroatoms. The number of halogens is 3. The zero-order chi connectivity index (χ0) is 13.6. The fraction of sp³-hybridized carbons (Fsp3) is 0.917. The zero-order valence-electron chi connectivity index (χ0n) is 10.7. The van der Waals surface area contributed by atoms with Gasteiger partial charge in [0.2, 0.25) is 5.91 Å². The predicted molar refractivity (Wildman–Crippen MR) is 63.1 cm³/mol. The summed E-state index contributed by atoms with van der Waals surface area (Å²) in [5, 5.41) is 3.21. The summed E-state index contributed by atoms with van der Waals surface area (Å²) < 4.78 is 36.7. The minimum absolute atomic E-state index is 0.280. The lowest BCUT2D eigenvalue weighted by atomic mass is 9.99. The van der Waals surface area contributed by atoms with Crippen LogP contribution in [0.3, 0.4) is 0 Å². The SMILES string of the molecule is CCCN(CC1CCCNC1)C(=O)CC(F)(F)F. The van der Waals surface area contributed by atoms with Crippen LogP contribution in [0.5, 0.6) is 0 Å². The summed E-state index contributed by atoms with van der Waals surface area (Å²) in [5.41, 5.74) is 0. The fourth-order valence-corrected chi connectivity index (χ4v) is 2.26. The molecule has 1 unspecified atom stereocenters. The van der Waals surface area contributed by atoms with E-state index in [9.17, 15) is 18.0 Å². The van der Waals surface area contributed by atoms with E-state index in [1.165, 1.54) is 4.90 Å². The van der Waals surface area contributed by atoms with Crippen LogP contribution in [0.1, 0.15) is 32.6 Å². The molecule has 0 aromatic rings. The molecule has 18 heavy (non-hydrogen) atoms. The number of carbonyl (C=O) groups is 1. The molecule has 1 atom stereocenters. The molecule has 1 amide bonds. The standard InChI is InChI=1S/C12H21F3N2O/c1-2-6-17(11(18)7-12(13,14)15)9-10-4-3-5-16-8-10/h10,16H,2-9H2,1H3. The van der Waals surface area contributed by atoms with Crippen molar-refractivity contribution in [2.45, 2.75) is 38.8 Å². The van der Waals surface area contributed by atoms with Crippen LogP contribution in [0.2, 0.25) is 0 Å². The molecule has 0 aromatic heterocycles. The first-order valence-electron chi connectivity index (χ1n) is 6.47. The van der Waals surface area contributed by atoms with Gasteiger partial charge < -0.3 is 10.2 Å². The van der Waals surface area contributed by atoms with Gasteiger partial charge in [0.05, 0.1) is 0 Å². The van der Waals surface area contributed by atoms with E-state index in [-0.39, 0.29) is 5.92 Å². The third kappa shape index (κ3) is 5.71. The highest BCUT2D eigenvalue weighted by molar-refractivity contribution is 5.76. The number of hydrogen-bond acceptors (Lipinski definition) is 2. The predicted octanol–water partition coefficient (Wildman–Crippen LogP) is 2.18. The second-order valence-electron chi connectivity index (χ2n) is 4.84. The lowest BCUT2D eigenvalue weighted by Gasteiger charge is -2.30. The Balaban J connectivity index is 2.49. The summed E-state index contributed by atoms with van der Waals surface area (Å²) in [5.74, 6) is -0.516. The van der Waals surface area contributed by atoms with Gasteiger partial charge in [-0.05, 0) is 38.3 Å². The smallest absolute Gasteiger partial charge is 0.342 e. The van der Waals surface area contributed by atoms with Gasteiger partial charge in [0.25, 0.3) is 0 Å². The lowest BCUT2D eigenvalue weighted by Crippen LogP contribution is -2.42. The second kappa shape index (κ2) is 6.97. The van der Waals surface area contributed by atoms with Gasteiger partial charge >= 0.3 is 6.18 Å². The van der Waals surface area contributed by atoms with E-state index in [4.69, 9.17) is 0 Å². The van der Waals surface area contributed by atoms with Crippen LogP contribution >= 0.6 is 0 Å². The summed E-state index contributed by atoms with van der Waals surface area (Å²) in [6.07, 6.45) is -3.06. The minimum atomic E-state index is -4.41. The van der Waals surface area contributed by atoms with Crippen molar-refractivity contribution in [1.82, 2.24) is 10.2 Å². The molecule has 106 valence electrons. The van der Waals surface area contributed by atoms with Gasteiger partial charge in [-0.15, -0.1) is 0 Å². The molecule has 1 rings (SSSR count). The van der Waals surface area contributed by atoms with Gasteiger partial charge in [0.15, 0.2) is 0 Å². The molecule has 1 aliphatic heterocycles. The van der Waals surface area contributed by atoms with E-state index < -0.39 is 18.5 Å². The van der Waals surface area contributed by atoms with Gasteiger partial charge in [0, 0.05) is 13.1 Å². The highest BCUT2D eigenvalue weighted by Crippen LogP contribution is 2.22. The van der Waals surface area contributed by atoms with Crippen LogP contribution in [0.15, 0.2) is 0 Å². The van der Waals surface area contributed by atoms with E-state index in [1.807, 2.05) is 6.92 Å². The first kappa shape index (κ1) is 15.3. The molecule has 0 bridgehead atoms. The van der Waals surface area contributed by atoms with Crippen molar-refractivity contribution in [2.24, 2.45) is 5.92 Å². The van der Waals surface area contributed by atoms with Crippen LogP contribution in [-0.2, 0) is 4.79 Å². The monoisotopic (exact) mass is 266 g/mol. The van der Waals surface area contributed by atoms with Crippen LogP contribution in [0.25, 0.3) is 0 Å². The van der Waals surface area contributed by atoms with Crippen molar-refractivity contribution in [3.63, 3.8) is 0 Å². The molecule has 0 saturated carbocycles. The number of nitrogens with zero attached hydrogens (tertiary/aromatic N) is 1. The highest BCUT2D eigenvalue weighted by Gasteiger charge is 2.33. The Morgan fingerprint density at radius 2 is 2.17 bits per heavy atom. The van der Waals surface area contributed by atoms with Crippen LogP contribution in [-0.4, -0.2) is 43.2 Å².